The number of nitrogens with one attached hydrogen (secondary N) is 1. The number of carboxylic acid groups (broad SMARTS) is 1. The number of carboxylic acids is 1. The first kappa shape index (κ1) is 14.0. The smallest absolute Gasteiger partial charge is 0.335 e. The van der Waals surface area contributed by atoms with Gasteiger partial charge in [0, 0.05) is 24.6 Å². The number of aryl methyl sites for hydroxylation is 2. The molecular formula is C15H17N3O2. The molecule has 0 fully saturated rings. The zero-order valence-electron chi connectivity index (χ0n) is 11.6. The minimum atomic E-state index is -0.942. The maximum Gasteiger partial charge on any atom is 0.335 e. The van der Waals surface area contributed by atoms with Crippen LogP contribution in [-0.4, -0.2) is 21.0 Å². The van der Waals surface area contributed by atoms with Crippen LogP contribution >= 0.6 is 0 Å². The van der Waals surface area contributed by atoms with Crippen LogP contribution in [0.15, 0.2) is 30.6 Å². The summed E-state index contributed by atoms with van der Waals surface area (Å²) in [6.45, 7) is 4.53. The summed E-state index contributed by atoms with van der Waals surface area (Å²) in [6.07, 6.45) is 4.24. The highest BCUT2D eigenvalue weighted by molar-refractivity contribution is 5.88. The fourth-order valence-electron chi connectivity index (χ4n) is 1.85. The summed E-state index contributed by atoms with van der Waals surface area (Å²) >= 11 is 0. The van der Waals surface area contributed by atoms with Crippen molar-refractivity contribution in [3.63, 3.8) is 0 Å². The molecule has 2 N–H and O–H groups in total. The summed E-state index contributed by atoms with van der Waals surface area (Å²) in [4.78, 5) is 19.6. The molecule has 0 bridgehead atoms. The quantitative estimate of drug-likeness (QED) is 0.874. The van der Waals surface area contributed by atoms with E-state index >= 15 is 0 Å². The van der Waals surface area contributed by atoms with Crippen molar-refractivity contribution >= 4 is 11.8 Å². The van der Waals surface area contributed by atoms with Crippen LogP contribution in [0.5, 0.6) is 0 Å². The Morgan fingerprint density at radius 1 is 1.40 bits per heavy atom. The summed E-state index contributed by atoms with van der Waals surface area (Å²) in [5.74, 6) is -0.368. The molecule has 0 saturated heterocycles. The van der Waals surface area contributed by atoms with Gasteiger partial charge in [-0.25, -0.2) is 9.78 Å². The van der Waals surface area contributed by atoms with E-state index in [0.717, 1.165) is 16.8 Å². The molecule has 20 heavy (non-hydrogen) atoms. The summed E-state index contributed by atoms with van der Waals surface area (Å²) < 4.78 is 0. The standard InChI is InChI=1S/C15H17N3O2/c1-3-13-6-11(15(19)20)7-14(18-13)17-9-12-8-16-5-4-10(12)2/h4-8H,3,9H2,1-2H3,(H,17,18)(H,19,20). The summed E-state index contributed by atoms with van der Waals surface area (Å²) in [5.41, 5.74) is 3.21. The Bertz CT molecular complexity index is 626. The molecule has 2 heterocycles. The molecule has 0 spiro atoms. The van der Waals surface area contributed by atoms with Crippen molar-refractivity contribution in [1.29, 1.82) is 0 Å². The maximum atomic E-state index is 11.1. The highest BCUT2D eigenvalue weighted by Gasteiger charge is 2.08. The summed E-state index contributed by atoms with van der Waals surface area (Å²) in [5, 5.41) is 12.3. The van der Waals surface area contributed by atoms with Gasteiger partial charge in [-0.1, -0.05) is 6.92 Å². The first-order chi connectivity index (χ1) is 9.60. The predicted octanol–water partition coefficient (Wildman–Crippen LogP) is 2.66. The van der Waals surface area contributed by atoms with E-state index in [0.29, 0.717) is 18.8 Å². The predicted molar refractivity (Wildman–Crippen MR) is 76.9 cm³/mol. The SMILES string of the molecule is CCc1cc(C(=O)O)cc(NCc2cnccc2C)n1. The topological polar surface area (TPSA) is 75.1 Å². The number of hydrogen-bond donors (Lipinski definition) is 2. The van der Waals surface area contributed by atoms with E-state index < -0.39 is 5.97 Å². The van der Waals surface area contributed by atoms with Gasteiger partial charge in [0.05, 0.1) is 5.56 Å². The van der Waals surface area contributed by atoms with Crippen LogP contribution in [0.3, 0.4) is 0 Å². The van der Waals surface area contributed by atoms with Gasteiger partial charge in [0.25, 0.3) is 0 Å². The average Bonchev–Trinajstić information content (AvgIpc) is 2.46. The van der Waals surface area contributed by atoms with Crippen LogP contribution in [-0.2, 0) is 13.0 Å². The van der Waals surface area contributed by atoms with Crippen molar-refractivity contribution in [3.8, 4) is 0 Å². The molecule has 5 heteroatoms. The van der Waals surface area contributed by atoms with Crippen molar-refractivity contribution in [2.75, 3.05) is 5.32 Å². The van der Waals surface area contributed by atoms with Crippen molar-refractivity contribution in [3.05, 3.63) is 53.0 Å². The minimum absolute atomic E-state index is 0.252. The van der Waals surface area contributed by atoms with Crippen LogP contribution in [0.1, 0.15) is 34.1 Å². The highest BCUT2D eigenvalue weighted by Crippen LogP contribution is 2.13. The Balaban J connectivity index is 2.19. The van der Waals surface area contributed by atoms with Crippen molar-refractivity contribution in [1.82, 2.24) is 9.97 Å². The van der Waals surface area contributed by atoms with E-state index in [1.54, 1.807) is 24.5 Å². The molecular weight excluding hydrogens is 254 g/mol. The van der Waals surface area contributed by atoms with Gasteiger partial charge in [-0.15, -0.1) is 0 Å². The van der Waals surface area contributed by atoms with E-state index in [4.69, 9.17) is 5.11 Å². The van der Waals surface area contributed by atoms with Gasteiger partial charge in [-0.2, -0.15) is 0 Å². The van der Waals surface area contributed by atoms with Crippen LogP contribution in [0.2, 0.25) is 0 Å². The molecule has 0 saturated carbocycles. The second kappa shape index (κ2) is 6.14. The van der Waals surface area contributed by atoms with Crippen LogP contribution < -0.4 is 5.32 Å². The highest BCUT2D eigenvalue weighted by atomic mass is 16.4. The van der Waals surface area contributed by atoms with Crippen LogP contribution in [0, 0.1) is 6.92 Å². The number of aromatic nitrogens is 2. The monoisotopic (exact) mass is 271 g/mol. The van der Waals surface area contributed by atoms with E-state index in [1.807, 2.05) is 19.9 Å². The van der Waals surface area contributed by atoms with Gasteiger partial charge >= 0.3 is 5.97 Å². The second-order valence-corrected chi connectivity index (χ2v) is 4.55. The fraction of sp³-hybridized carbons (Fsp3) is 0.267. The molecule has 0 atom stereocenters. The molecule has 104 valence electrons. The molecule has 5 nitrogen and oxygen atoms in total. The largest absolute Gasteiger partial charge is 0.478 e. The zero-order valence-corrected chi connectivity index (χ0v) is 11.6. The molecule has 2 aromatic rings. The number of aromatic carboxylic acids is 1. The normalized spacial score (nSPS) is 10.3. The Hall–Kier alpha value is -2.43. The second-order valence-electron chi connectivity index (χ2n) is 4.55. The van der Waals surface area contributed by atoms with Gasteiger partial charge < -0.3 is 10.4 Å². The molecule has 0 unspecified atom stereocenters. The Kier molecular flexibility index (Phi) is 4.30. The van der Waals surface area contributed by atoms with Gasteiger partial charge in [-0.3, -0.25) is 4.98 Å². The molecule has 0 aliphatic heterocycles. The molecule has 0 aliphatic rings. The fourth-order valence-corrected chi connectivity index (χ4v) is 1.85. The molecule has 2 rings (SSSR count). The Morgan fingerprint density at radius 3 is 2.85 bits per heavy atom. The van der Waals surface area contributed by atoms with Crippen LogP contribution in [0.25, 0.3) is 0 Å². The van der Waals surface area contributed by atoms with Crippen molar-refractivity contribution in [2.24, 2.45) is 0 Å². The third-order valence-corrected chi connectivity index (χ3v) is 3.10. The molecule has 0 aliphatic carbocycles. The zero-order chi connectivity index (χ0) is 14.5. The summed E-state index contributed by atoms with van der Waals surface area (Å²) in [7, 11) is 0. The van der Waals surface area contributed by atoms with Gasteiger partial charge in [0.15, 0.2) is 0 Å². The lowest BCUT2D eigenvalue weighted by atomic mass is 10.1. The third-order valence-electron chi connectivity index (χ3n) is 3.10. The van der Waals surface area contributed by atoms with Gasteiger partial charge in [0.1, 0.15) is 5.82 Å². The van der Waals surface area contributed by atoms with Crippen molar-refractivity contribution < 1.29 is 9.90 Å². The maximum absolute atomic E-state index is 11.1. The van der Waals surface area contributed by atoms with Crippen LogP contribution in [0.4, 0.5) is 5.82 Å². The lowest BCUT2D eigenvalue weighted by Crippen LogP contribution is -2.07. The molecule has 0 amide bonds. The Morgan fingerprint density at radius 2 is 2.20 bits per heavy atom. The number of hydrogen-bond acceptors (Lipinski definition) is 4. The number of nitrogens with zero attached hydrogens (tertiary/aromatic N) is 2. The summed E-state index contributed by atoms with van der Waals surface area (Å²) in [6, 6.07) is 5.09. The van der Waals surface area contributed by atoms with E-state index in [9.17, 15) is 4.79 Å². The minimum Gasteiger partial charge on any atom is -0.478 e. The van der Waals surface area contributed by atoms with E-state index in [2.05, 4.69) is 15.3 Å². The Labute approximate surface area is 117 Å². The molecule has 0 radical (unpaired) electrons. The first-order valence-electron chi connectivity index (χ1n) is 6.47. The van der Waals surface area contributed by atoms with E-state index in [-0.39, 0.29) is 5.56 Å². The molecule has 2 aromatic heterocycles. The first-order valence-corrected chi connectivity index (χ1v) is 6.47. The number of anilines is 1. The van der Waals surface area contributed by atoms with Crippen molar-refractivity contribution in [2.45, 2.75) is 26.8 Å². The molecule has 0 aromatic carbocycles. The number of rotatable bonds is 5. The van der Waals surface area contributed by atoms with E-state index in [1.165, 1.54) is 0 Å². The number of pyridine rings is 2. The third kappa shape index (κ3) is 3.32. The van der Waals surface area contributed by atoms with Gasteiger partial charge in [-0.05, 0) is 42.7 Å². The van der Waals surface area contributed by atoms with Gasteiger partial charge in [0.2, 0.25) is 0 Å². The lowest BCUT2D eigenvalue weighted by molar-refractivity contribution is 0.0696. The number of carbonyl (C=O) groups is 1. The average molecular weight is 271 g/mol. The lowest BCUT2D eigenvalue weighted by Gasteiger charge is -2.10.